The molecule has 20 heavy (non-hydrogen) atoms. The van der Waals surface area contributed by atoms with E-state index >= 15 is 0 Å². The lowest BCUT2D eigenvalue weighted by molar-refractivity contribution is -0.138. The molecule has 5 nitrogen and oxygen atoms in total. The Labute approximate surface area is 123 Å². The number of hydrogen-bond acceptors (Lipinski definition) is 4. The summed E-state index contributed by atoms with van der Waals surface area (Å²) in [5, 5.41) is 3.34. The van der Waals surface area contributed by atoms with E-state index in [-0.39, 0.29) is 17.5 Å². The second kappa shape index (κ2) is 6.41. The van der Waals surface area contributed by atoms with Crippen molar-refractivity contribution in [3.8, 4) is 0 Å². The second-order valence-corrected chi connectivity index (χ2v) is 6.63. The van der Waals surface area contributed by atoms with Crippen molar-refractivity contribution >= 4 is 5.91 Å². The van der Waals surface area contributed by atoms with Crippen LogP contribution in [0.2, 0.25) is 0 Å². The van der Waals surface area contributed by atoms with Crippen LogP contribution in [0.4, 0.5) is 0 Å². The zero-order chi connectivity index (χ0) is 14.8. The predicted octanol–water partition coefficient (Wildman–Crippen LogP) is 0.223. The van der Waals surface area contributed by atoms with Gasteiger partial charge in [0.05, 0.1) is 6.04 Å². The number of piperazine rings is 1. The van der Waals surface area contributed by atoms with Crippen LogP contribution in [0.25, 0.3) is 0 Å². The van der Waals surface area contributed by atoms with Crippen LogP contribution in [0.1, 0.15) is 26.2 Å². The van der Waals surface area contributed by atoms with Crippen LogP contribution >= 0.6 is 0 Å². The summed E-state index contributed by atoms with van der Waals surface area (Å²) in [5.41, 5.74) is 0.216. The van der Waals surface area contributed by atoms with E-state index in [1.54, 1.807) is 0 Å². The molecular weight excluding hydrogens is 252 g/mol. The van der Waals surface area contributed by atoms with E-state index in [2.05, 4.69) is 29.2 Å². The van der Waals surface area contributed by atoms with E-state index in [9.17, 15) is 4.79 Å². The van der Waals surface area contributed by atoms with E-state index in [1.165, 1.54) is 19.3 Å². The summed E-state index contributed by atoms with van der Waals surface area (Å²) in [7, 11) is 6.24. The molecule has 0 aromatic rings. The minimum absolute atomic E-state index is 0.00129. The van der Waals surface area contributed by atoms with Gasteiger partial charge in [-0.05, 0) is 40.3 Å². The maximum absolute atomic E-state index is 12.6. The summed E-state index contributed by atoms with van der Waals surface area (Å²) >= 11 is 0. The smallest absolute Gasteiger partial charge is 0.239 e. The molecular formula is C15H30N4O. The Kier molecular flexibility index (Phi) is 5.04. The minimum atomic E-state index is 0.00129. The van der Waals surface area contributed by atoms with Gasteiger partial charge in [-0.15, -0.1) is 0 Å². The van der Waals surface area contributed by atoms with Gasteiger partial charge in [0.15, 0.2) is 0 Å². The molecule has 2 rings (SSSR count). The Morgan fingerprint density at radius 1 is 1.25 bits per heavy atom. The molecule has 0 spiro atoms. The van der Waals surface area contributed by atoms with Crippen LogP contribution in [0.15, 0.2) is 0 Å². The highest BCUT2D eigenvalue weighted by molar-refractivity contribution is 5.81. The molecule has 0 radical (unpaired) electrons. The quantitative estimate of drug-likeness (QED) is 0.783. The third-order valence-electron chi connectivity index (χ3n) is 5.20. The molecule has 1 heterocycles. The van der Waals surface area contributed by atoms with Crippen LogP contribution in [-0.2, 0) is 4.79 Å². The lowest BCUT2D eigenvalue weighted by atomic mass is 9.75. The van der Waals surface area contributed by atoms with E-state index < -0.39 is 0 Å². The van der Waals surface area contributed by atoms with Crippen molar-refractivity contribution < 1.29 is 4.79 Å². The fraction of sp³-hybridized carbons (Fsp3) is 0.933. The number of carbonyl (C=O) groups is 1. The average Bonchev–Trinajstić information content (AvgIpc) is 2.41. The molecule has 5 heteroatoms. The van der Waals surface area contributed by atoms with Crippen molar-refractivity contribution in [3.63, 3.8) is 0 Å². The molecule has 1 aliphatic heterocycles. The molecule has 2 aliphatic rings. The van der Waals surface area contributed by atoms with Crippen molar-refractivity contribution in [2.24, 2.45) is 0 Å². The van der Waals surface area contributed by atoms with Crippen molar-refractivity contribution in [1.29, 1.82) is 0 Å². The van der Waals surface area contributed by atoms with Crippen LogP contribution in [-0.4, -0.2) is 86.1 Å². The van der Waals surface area contributed by atoms with Gasteiger partial charge in [-0.2, -0.15) is 0 Å². The van der Waals surface area contributed by atoms with Crippen molar-refractivity contribution in [1.82, 2.24) is 20.0 Å². The number of amides is 1. The fourth-order valence-corrected chi connectivity index (χ4v) is 3.40. The van der Waals surface area contributed by atoms with Crippen molar-refractivity contribution in [2.75, 3.05) is 53.9 Å². The Hall–Kier alpha value is -0.650. The largest absolute Gasteiger partial charge is 0.343 e. The Bertz CT molecular complexity index is 335. The summed E-state index contributed by atoms with van der Waals surface area (Å²) in [4.78, 5) is 19.2. The number of rotatable bonds is 5. The van der Waals surface area contributed by atoms with E-state index in [1.807, 2.05) is 18.9 Å². The van der Waals surface area contributed by atoms with E-state index in [0.29, 0.717) is 0 Å². The van der Waals surface area contributed by atoms with Gasteiger partial charge in [-0.1, -0.05) is 0 Å². The highest BCUT2D eigenvalue weighted by Crippen LogP contribution is 2.36. The number of nitrogens with zero attached hydrogens (tertiary/aromatic N) is 3. The standard InChI is InChI=1S/C15H30N4O/c1-13(19-10-8-16-9-11-19)14(20)18(4)12-15(17(2)3)6-5-7-15/h13,16H,5-12H2,1-4H3. The summed E-state index contributed by atoms with van der Waals surface area (Å²) in [5.74, 6) is 0.264. The van der Waals surface area contributed by atoms with Crippen molar-refractivity contribution in [3.05, 3.63) is 0 Å². The van der Waals surface area contributed by atoms with Gasteiger partial charge in [-0.25, -0.2) is 0 Å². The summed E-state index contributed by atoms with van der Waals surface area (Å²) in [6, 6.07) is 0.00129. The van der Waals surface area contributed by atoms with Gasteiger partial charge in [0.2, 0.25) is 5.91 Å². The van der Waals surface area contributed by atoms with Gasteiger partial charge in [0, 0.05) is 45.3 Å². The molecule has 1 saturated heterocycles. The Morgan fingerprint density at radius 3 is 2.30 bits per heavy atom. The lowest BCUT2D eigenvalue weighted by Crippen LogP contribution is -2.60. The van der Waals surface area contributed by atoms with Gasteiger partial charge in [0.1, 0.15) is 0 Å². The topological polar surface area (TPSA) is 38.8 Å². The molecule has 0 aromatic carbocycles. The van der Waals surface area contributed by atoms with Crippen LogP contribution in [0, 0.1) is 0 Å². The van der Waals surface area contributed by atoms with Gasteiger partial charge >= 0.3 is 0 Å². The lowest BCUT2D eigenvalue weighted by Gasteiger charge is -2.49. The third-order valence-corrected chi connectivity index (χ3v) is 5.20. The summed E-state index contributed by atoms with van der Waals surface area (Å²) in [6.45, 7) is 6.83. The molecule has 1 saturated carbocycles. The number of likely N-dealkylation sites (N-methyl/N-ethyl adjacent to an activating group) is 2. The van der Waals surface area contributed by atoms with Gasteiger partial charge < -0.3 is 15.1 Å². The molecule has 1 amide bonds. The highest BCUT2D eigenvalue weighted by atomic mass is 16.2. The first-order chi connectivity index (χ1) is 9.46. The van der Waals surface area contributed by atoms with Crippen molar-refractivity contribution in [2.45, 2.75) is 37.8 Å². The Morgan fingerprint density at radius 2 is 1.85 bits per heavy atom. The molecule has 1 aliphatic carbocycles. The van der Waals surface area contributed by atoms with Gasteiger partial charge in [-0.3, -0.25) is 9.69 Å². The number of carbonyl (C=O) groups excluding carboxylic acids is 1. The summed E-state index contributed by atoms with van der Waals surface area (Å²) < 4.78 is 0. The minimum Gasteiger partial charge on any atom is -0.343 e. The summed E-state index contributed by atoms with van der Waals surface area (Å²) in [6.07, 6.45) is 3.70. The first kappa shape index (κ1) is 15.7. The average molecular weight is 282 g/mol. The molecule has 116 valence electrons. The third kappa shape index (κ3) is 3.15. The van der Waals surface area contributed by atoms with Crippen LogP contribution in [0.3, 0.4) is 0 Å². The Balaban J connectivity index is 1.90. The molecule has 0 aromatic heterocycles. The highest BCUT2D eigenvalue weighted by Gasteiger charge is 2.41. The molecule has 1 N–H and O–H groups in total. The first-order valence-corrected chi connectivity index (χ1v) is 7.83. The molecule has 1 unspecified atom stereocenters. The SMILES string of the molecule is CC(C(=O)N(C)CC1(N(C)C)CCC1)N1CCNCC1. The maximum atomic E-state index is 12.6. The van der Waals surface area contributed by atoms with Gasteiger partial charge in [0.25, 0.3) is 0 Å². The van der Waals surface area contributed by atoms with E-state index in [0.717, 1.165) is 32.7 Å². The maximum Gasteiger partial charge on any atom is 0.239 e. The van der Waals surface area contributed by atoms with Crippen LogP contribution in [0.5, 0.6) is 0 Å². The molecule has 2 fully saturated rings. The normalized spacial score (nSPS) is 24.2. The monoisotopic (exact) mass is 282 g/mol. The van der Waals surface area contributed by atoms with Crippen LogP contribution < -0.4 is 5.32 Å². The zero-order valence-corrected chi connectivity index (χ0v) is 13.5. The predicted molar refractivity (Wildman–Crippen MR) is 81.8 cm³/mol. The molecule has 1 atom stereocenters. The van der Waals surface area contributed by atoms with E-state index in [4.69, 9.17) is 0 Å². The molecule has 0 bridgehead atoms. The zero-order valence-electron chi connectivity index (χ0n) is 13.5. The number of nitrogens with one attached hydrogen (secondary N) is 1. The first-order valence-electron chi connectivity index (χ1n) is 7.83. The fourth-order valence-electron chi connectivity index (χ4n) is 3.40. The number of hydrogen-bond donors (Lipinski definition) is 1. The second-order valence-electron chi connectivity index (χ2n) is 6.63.